The van der Waals surface area contributed by atoms with Crippen molar-refractivity contribution in [1.29, 1.82) is 0 Å². The van der Waals surface area contributed by atoms with E-state index in [-0.39, 0.29) is 5.91 Å². The summed E-state index contributed by atoms with van der Waals surface area (Å²) in [4.78, 5) is 17.6. The van der Waals surface area contributed by atoms with Crippen molar-refractivity contribution >= 4 is 27.3 Å². The number of pyridine rings is 1. The van der Waals surface area contributed by atoms with E-state index >= 15 is 0 Å². The molecule has 112 valence electrons. The van der Waals surface area contributed by atoms with Crippen LogP contribution in [0.4, 0.5) is 0 Å². The van der Waals surface area contributed by atoms with Crippen LogP contribution in [-0.2, 0) is 13.0 Å². The lowest BCUT2D eigenvalue weighted by atomic mass is 10.1. The van der Waals surface area contributed by atoms with Crippen molar-refractivity contribution < 1.29 is 4.79 Å². The first kappa shape index (κ1) is 14.7. The Morgan fingerprint density at radius 3 is 2.77 bits per heavy atom. The topological polar surface area (TPSA) is 42.0 Å². The number of aryl methyl sites for hydroxylation is 1. The third-order valence-electron chi connectivity index (χ3n) is 3.56. The number of aromatic nitrogens is 1. The van der Waals surface area contributed by atoms with E-state index in [2.05, 4.69) is 29.4 Å². The van der Waals surface area contributed by atoms with Gasteiger partial charge in [0.2, 0.25) is 0 Å². The molecule has 0 aliphatic heterocycles. The number of rotatable bonds is 5. The maximum atomic E-state index is 12.6. The van der Waals surface area contributed by atoms with Gasteiger partial charge in [-0.25, -0.2) is 0 Å². The van der Waals surface area contributed by atoms with Gasteiger partial charge in [0.05, 0.1) is 17.1 Å². The van der Waals surface area contributed by atoms with Crippen LogP contribution in [0.15, 0.2) is 48.7 Å². The minimum absolute atomic E-state index is 0.00435. The molecule has 2 heterocycles. The van der Waals surface area contributed by atoms with E-state index < -0.39 is 0 Å². The molecule has 0 aliphatic rings. The Morgan fingerprint density at radius 2 is 2.00 bits per heavy atom. The average molecular weight is 310 g/mol. The van der Waals surface area contributed by atoms with Crippen LogP contribution in [0, 0.1) is 0 Å². The summed E-state index contributed by atoms with van der Waals surface area (Å²) < 4.78 is 1.17. The maximum Gasteiger partial charge on any atom is 0.261 e. The number of thiophene rings is 1. The Balaban J connectivity index is 1.85. The largest absolute Gasteiger partial charge is 0.346 e. The van der Waals surface area contributed by atoms with Crippen molar-refractivity contribution in [3.8, 4) is 0 Å². The van der Waals surface area contributed by atoms with Gasteiger partial charge in [-0.15, -0.1) is 11.3 Å². The Morgan fingerprint density at radius 1 is 1.18 bits per heavy atom. The third-order valence-corrected chi connectivity index (χ3v) is 4.77. The smallest absolute Gasteiger partial charge is 0.261 e. The Kier molecular flexibility index (Phi) is 4.49. The van der Waals surface area contributed by atoms with Gasteiger partial charge < -0.3 is 5.32 Å². The minimum Gasteiger partial charge on any atom is -0.346 e. The number of amides is 1. The Hall–Kier alpha value is -2.20. The van der Waals surface area contributed by atoms with Crippen LogP contribution in [0.25, 0.3) is 10.1 Å². The molecule has 0 fully saturated rings. The van der Waals surface area contributed by atoms with Crippen molar-refractivity contribution in [1.82, 2.24) is 10.3 Å². The predicted molar refractivity (Wildman–Crippen MR) is 91.2 cm³/mol. The summed E-state index contributed by atoms with van der Waals surface area (Å²) in [5, 5.41) is 4.19. The Bertz CT molecular complexity index is 780. The molecular formula is C18H18N2OS. The molecule has 1 aromatic carbocycles. The summed E-state index contributed by atoms with van der Waals surface area (Å²) >= 11 is 1.57. The van der Waals surface area contributed by atoms with Crippen LogP contribution >= 0.6 is 11.3 Å². The Labute approximate surface area is 134 Å². The number of nitrogens with one attached hydrogen (secondary N) is 1. The van der Waals surface area contributed by atoms with Crippen LogP contribution < -0.4 is 5.32 Å². The first-order valence-electron chi connectivity index (χ1n) is 7.48. The number of benzene rings is 1. The zero-order chi connectivity index (χ0) is 15.4. The molecule has 0 spiro atoms. The fourth-order valence-electron chi connectivity index (χ4n) is 2.53. The van der Waals surface area contributed by atoms with Crippen molar-refractivity contribution in [2.24, 2.45) is 0 Å². The SMILES string of the molecule is CCCc1c(C(=O)NCc2ccccn2)sc2ccccc12. The monoisotopic (exact) mass is 310 g/mol. The van der Waals surface area contributed by atoms with E-state index in [1.807, 2.05) is 30.3 Å². The second kappa shape index (κ2) is 6.71. The standard InChI is InChI=1S/C18H18N2OS/c1-2-7-15-14-9-3-4-10-16(14)22-17(15)18(21)20-12-13-8-5-6-11-19-13/h3-6,8-11H,2,7,12H2,1H3,(H,20,21). The summed E-state index contributed by atoms with van der Waals surface area (Å²) in [6.07, 6.45) is 3.70. The van der Waals surface area contributed by atoms with Crippen molar-refractivity contribution in [3.05, 3.63) is 64.8 Å². The highest BCUT2D eigenvalue weighted by Gasteiger charge is 2.17. The van der Waals surface area contributed by atoms with Crippen molar-refractivity contribution in [2.45, 2.75) is 26.3 Å². The quantitative estimate of drug-likeness (QED) is 0.768. The number of hydrogen-bond acceptors (Lipinski definition) is 3. The predicted octanol–water partition coefficient (Wildman–Crippen LogP) is 4.18. The van der Waals surface area contributed by atoms with E-state index in [1.54, 1.807) is 17.5 Å². The molecule has 1 amide bonds. The molecule has 0 unspecified atom stereocenters. The van der Waals surface area contributed by atoms with E-state index in [9.17, 15) is 4.79 Å². The van der Waals surface area contributed by atoms with Crippen LogP contribution in [0.2, 0.25) is 0 Å². The number of fused-ring (bicyclic) bond motifs is 1. The molecule has 0 saturated carbocycles. The molecule has 0 bridgehead atoms. The summed E-state index contributed by atoms with van der Waals surface area (Å²) in [6, 6.07) is 13.9. The first-order valence-corrected chi connectivity index (χ1v) is 8.29. The molecule has 0 aliphatic carbocycles. The second-order valence-corrected chi connectivity index (χ2v) is 6.21. The third kappa shape index (κ3) is 3.02. The van der Waals surface area contributed by atoms with Gasteiger partial charge in [0.1, 0.15) is 0 Å². The lowest BCUT2D eigenvalue weighted by molar-refractivity contribution is 0.0953. The van der Waals surface area contributed by atoms with Gasteiger partial charge in [0.15, 0.2) is 0 Å². The van der Waals surface area contributed by atoms with Gasteiger partial charge in [-0.1, -0.05) is 37.6 Å². The first-order chi connectivity index (χ1) is 10.8. The molecule has 1 N–H and O–H groups in total. The van der Waals surface area contributed by atoms with Crippen molar-refractivity contribution in [2.75, 3.05) is 0 Å². The summed E-state index contributed by atoms with van der Waals surface area (Å²) in [7, 11) is 0. The average Bonchev–Trinajstić information content (AvgIpc) is 2.93. The molecule has 0 atom stereocenters. The van der Waals surface area contributed by atoms with Gasteiger partial charge in [0.25, 0.3) is 5.91 Å². The molecule has 0 radical (unpaired) electrons. The number of carbonyl (C=O) groups excluding carboxylic acids is 1. The van der Waals surface area contributed by atoms with Crippen molar-refractivity contribution in [3.63, 3.8) is 0 Å². The fourth-order valence-corrected chi connectivity index (χ4v) is 3.70. The minimum atomic E-state index is -0.00435. The van der Waals surface area contributed by atoms with E-state index in [1.165, 1.54) is 15.6 Å². The van der Waals surface area contributed by atoms with E-state index in [0.29, 0.717) is 6.54 Å². The zero-order valence-electron chi connectivity index (χ0n) is 12.5. The van der Waals surface area contributed by atoms with E-state index in [4.69, 9.17) is 0 Å². The van der Waals surface area contributed by atoms with Gasteiger partial charge in [-0.2, -0.15) is 0 Å². The highest BCUT2D eigenvalue weighted by Crippen LogP contribution is 2.32. The summed E-state index contributed by atoms with van der Waals surface area (Å²) in [6.45, 7) is 2.60. The highest BCUT2D eigenvalue weighted by molar-refractivity contribution is 7.21. The number of hydrogen-bond donors (Lipinski definition) is 1. The van der Waals surface area contributed by atoms with E-state index in [0.717, 1.165) is 23.4 Å². The molecular weight excluding hydrogens is 292 g/mol. The highest BCUT2D eigenvalue weighted by atomic mass is 32.1. The van der Waals surface area contributed by atoms with Crippen LogP contribution in [0.5, 0.6) is 0 Å². The van der Waals surface area contributed by atoms with Crippen LogP contribution in [0.3, 0.4) is 0 Å². The summed E-state index contributed by atoms with van der Waals surface area (Å²) in [5.41, 5.74) is 2.04. The zero-order valence-corrected chi connectivity index (χ0v) is 13.3. The number of carbonyl (C=O) groups is 1. The maximum absolute atomic E-state index is 12.6. The van der Waals surface area contributed by atoms with Crippen LogP contribution in [0.1, 0.15) is 34.3 Å². The second-order valence-electron chi connectivity index (χ2n) is 5.16. The van der Waals surface area contributed by atoms with Gasteiger partial charge in [0, 0.05) is 10.9 Å². The molecule has 3 rings (SSSR count). The summed E-state index contributed by atoms with van der Waals surface area (Å²) in [5.74, 6) is -0.00435. The molecule has 4 heteroatoms. The lowest BCUT2D eigenvalue weighted by Crippen LogP contribution is -2.23. The molecule has 3 aromatic rings. The van der Waals surface area contributed by atoms with Gasteiger partial charge in [-0.05, 0) is 35.6 Å². The van der Waals surface area contributed by atoms with Gasteiger partial charge >= 0.3 is 0 Å². The lowest BCUT2D eigenvalue weighted by Gasteiger charge is -2.05. The van der Waals surface area contributed by atoms with Crippen LogP contribution in [-0.4, -0.2) is 10.9 Å². The fraction of sp³-hybridized carbons (Fsp3) is 0.222. The molecule has 22 heavy (non-hydrogen) atoms. The molecule has 0 saturated heterocycles. The molecule has 2 aromatic heterocycles. The normalized spacial score (nSPS) is 10.8. The molecule has 3 nitrogen and oxygen atoms in total. The van der Waals surface area contributed by atoms with Gasteiger partial charge in [-0.3, -0.25) is 9.78 Å². The number of nitrogens with zero attached hydrogens (tertiary/aromatic N) is 1.